The standard InChI is InChI=1S/C17H13.C10H15.C9H10.2ClH.Zr/c1-3-12-5-7-14-11-15-8-6-13(4-2)10-17(15)16(14)9-12;1-8-5-6-9(7-8)10(2,3)4;1-2-6-9-7-4-3-5-8-9;;;/h3-7,9-10H,1-2,11H2;5-7H,1-4H3;3-5,7-8H,2H2,1H3;2*1H;/q2*-1;;;;+2/p-2. The average molecular weight is 633 g/mol. The van der Waals surface area contributed by atoms with Crippen LogP contribution in [0.5, 0.6) is 0 Å². The fraction of sp³-hybridized carbons (Fsp3) is 0.222. The van der Waals surface area contributed by atoms with Gasteiger partial charge in [0.15, 0.2) is 0 Å². The first-order valence-electron chi connectivity index (χ1n) is 13.0. The Morgan fingerprint density at radius 1 is 0.949 bits per heavy atom. The van der Waals surface area contributed by atoms with Gasteiger partial charge in [-0.05, 0) is 12.0 Å². The van der Waals surface area contributed by atoms with Crippen LogP contribution in [-0.4, -0.2) is 3.21 Å². The van der Waals surface area contributed by atoms with Crippen LogP contribution in [-0.2, 0) is 36.1 Å². The van der Waals surface area contributed by atoms with Crippen LogP contribution in [0.2, 0.25) is 0 Å². The largest absolute Gasteiger partial charge is 1.00 e. The first-order valence-corrected chi connectivity index (χ1v) is 14.2. The molecule has 1 aliphatic rings. The van der Waals surface area contributed by atoms with Gasteiger partial charge >= 0.3 is 76.7 Å². The second kappa shape index (κ2) is 16.2. The van der Waals surface area contributed by atoms with E-state index in [4.69, 9.17) is 0 Å². The van der Waals surface area contributed by atoms with Gasteiger partial charge in [0, 0.05) is 0 Å². The molecule has 0 unspecified atom stereocenters. The molecule has 0 fully saturated rings. The maximum Gasteiger partial charge on any atom is -0.0635 e. The van der Waals surface area contributed by atoms with E-state index in [1.165, 1.54) is 75.2 Å². The molecule has 0 saturated heterocycles. The summed E-state index contributed by atoms with van der Waals surface area (Å²) in [6, 6.07) is 31.3. The molecule has 202 valence electrons. The predicted molar refractivity (Wildman–Crippen MR) is 160 cm³/mol. The van der Waals surface area contributed by atoms with Crippen molar-refractivity contribution in [2.45, 2.75) is 52.9 Å². The minimum absolute atomic E-state index is 0. The zero-order valence-corrected chi connectivity index (χ0v) is 27.7. The fourth-order valence-corrected chi connectivity index (χ4v) is 4.65. The van der Waals surface area contributed by atoms with Crippen molar-refractivity contribution in [1.29, 1.82) is 0 Å². The van der Waals surface area contributed by atoms with Crippen LogP contribution in [0.15, 0.2) is 92.0 Å². The molecule has 5 rings (SSSR count). The van der Waals surface area contributed by atoms with E-state index in [1.807, 2.05) is 18.2 Å². The molecule has 0 amide bonds. The Morgan fingerprint density at radius 3 is 2.10 bits per heavy atom. The quantitative estimate of drug-likeness (QED) is 0.266. The van der Waals surface area contributed by atoms with Gasteiger partial charge in [0.1, 0.15) is 0 Å². The molecule has 0 bridgehead atoms. The Hall–Kier alpha value is -2.18. The van der Waals surface area contributed by atoms with Crippen LogP contribution < -0.4 is 24.8 Å². The number of hydrogen-bond acceptors (Lipinski definition) is 0. The molecule has 39 heavy (non-hydrogen) atoms. The summed E-state index contributed by atoms with van der Waals surface area (Å²) in [7, 11) is 0. The zero-order valence-electron chi connectivity index (χ0n) is 23.7. The van der Waals surface area contributed by atoms with E-state index >= 15 is 0 Å². The SMILES string of the molecule is C=Cc1c[c-]c2c(c1)-c1cc(C=C)ccc1C2.CC[C](=[Zr+2])c1ccccc1.Cc1cc(C(C)(C)C)c[cH-]1.[Cl-].[Cl-]. The van der Waals surface area contributed by atoms with Gasteiger partial charge in [-0.2, -0.15) is 47.0 Å². The molecule has 0 spiro atoms. The van der Waals surface area contributed by atoms with Gasteiger partial charge < -0.3 is 24.8 Å². The molecular weight excluding hydrogens is 595 g/mol. The molecule has 0 radical (unpaired) electrons. The molecule has 0 aliphatic heterocycles. The molecule has 4 aromatic carbocycles. The summed E-state index contributed by atoms with van der Waals surface area (Å²) in [4.78, 5) is 0. The first kappa shape index (κ1) is 34.9. The predicted octanol–water partition coefficient (Wildman–Crippen LogP) is 3.53. The number of benzene rings is 3. The Kier molecular flexibility index (Phi) is 14.5. The molecule has 3 heteroatoms. The summed E-state index contributed by atoms with van der Waals surface area (Å²) in [5.41, 5.74) is 12.1. The third kappa shape index (κ3) is 9.75. The second-order valence-corrected chi connectivity index (χ2v) is 11.9. The van der Waals surface area contributed by atoms with Gasteiger partial charge in [-0.15, -0.1) is 23.8 Å². The van der Waals surface area contributed by atoms with E-state index in [-0.39, 0.29) is 24.8 Å². The smallest absolute Gasteiger partial charge is 0.0635 e. The number of fused-ring (bicyclic) bond motifs is 3. The van der Waals surface area contributed by atoms with E-state index in [0.717, 1.165) is 12.0 Å². The van der Waals surface area contributed by atoms with Crippen molar-refractivity contribution in [3.8, 4) is 11.1 Å². The summed E-state index contributed by atoms with van der Waals surface area (Å²) >= 11 is 1.54. The third-order valence-electron chi connectivity index (χ3n) is 6.56. The maximum absolute atomic E-state index is 3.82. The van der Waals surface area contributed by atoms with Crippen LogP contribution >= 0.6 is 0 Å². The van der Waals surface area contributed by atoms with Crippen molar-refractivity contribution in [2.75, 3.05) is 0 Å². The molecule has 0 heterocycles. The van der Waals surface area contributed by atoms with Crippen molar-refractivity contribution < 1.29 is 49.0 Å². The van der Waals surface area contributed by atoms with Crippen LogP contribution in [0.25, 0.3) is 23.3 Å². The molecule has 0 atom stereocenters. The minimum Gasteiger partial charge on any atom is -1.00 e. The number of aryl methyl sites for hydroxylation is 1. The molecule has 0 saturated carbocycles. The van der Waals surface area contributed by atoms with Gasteiger partial charge in [-0.1, -0.05) is 75.1 Å². The summed E-state index contributed by atoms with van der Waals surface area (Å²) in [6.45, 7) is 18.7. The van der Waals surface area contributed by atoms with Gasteiger partial charge in [0.2, 0.25) is 0 Å². The molecule has 0 nitrogen and oxygen atoms in total. The van der Waals surface area contributed by atoms with E-state index in [9.17, 15) is 0 Å². The fourth-order valence-electron chi connectivity index (χ4n) is 4.24. The van der Waals surface area contributed by atoms with Crippen molar-refractivity contribution in [1.82, 2.24) is 0 Å². The Labute approximate surface area is 263 Å². The van der Waals surface area contributed by atoms with E-state index in [1.54, 1.807) is 3.21 Å². The van der Waals surface area contributed by atoms with E-state index < -0.39 is 0 Å². The number of halogens is 2. The third-order valence-corrected chi connectivity index (χ3v) is 8.14. The van der Waals surface area contributed by atoms with Gasteiger partial charge in [-0.3, -0.25) is 0 Å². The van der Waals surface area contributed by atoms with Crippen molar-refractivity contribution in [3.05, 3.63) is 137 Å². The summed E-state index contributed by atoms with van der Waals surface area (Å²) < 4.78 is 1.55. The van der Waals surface area contributed by atoms with E-state index in [2.05, 4.69) is 127 Å². The minimum atomic E-state index is 0. The first-order chi connectivity index (χ1) is 17.7. The Morgan fingerprint density at radius 2 is 1.59 bits per heavy atom. The molecule has 0 N–H and O–H groups in total. The molecule has 4 aromatic rings. The Balaban J connectivity index is 0.000000303. The Bertz CT molecular complexity index is 1320. The van der Waals surface area contributed by atoms with Crippen molar-refractivity contribution in [3.63, 3.8) is 0 Å². The van der Waals surface area contributed by atoms with Crippen LogP contribution in [0.1, 0.15) is 73.1 Å². The number of rotatable bonds is 4. The molecular formula is C36H38Cl2Zr-2. The topological polar surface area (TPSA) is 0 Å². The van der Waals surface area contributed by atoms with Crippen LogP contribution in [0.3, 0.4) is 0 Å². The zero-order chi connectivity index (χ0) is 27.0. The van der Waals surface area contributed by atoms with Crippen molar-refractivity contribution >= 4 is 15.4 Å². The monoisotopic (exact) mass is 630 g/mol. The number of hydrogen-bond donors (Lipinski definition) is 0. The van der Waals surface area contributed by atoms with Crippen molar-refractivity contribution in [2.24, 2.45) is 0 Å². The van der Waals surface area contributed by atoms with Crippen LogP contribution in [0.4, 0.5) is 0 Å². The average Bonchev–Trinajstić information content (AvgIpc) is 3.52. The van der Waals surface area contributed by atoms with Gasteiger partial charge in [0.05, 0.1) is 0 Å². The summed E-state index contributed by atoms with van der Waals surface area (Å²) in [6.07, 6.45) is 5.92. The molecule has 1 aliphatic carbocycles. The molecule has 0 aromatic heterocycles. The summed E-state index contributed by atoms with van der Waals surface area (Å²) in [5, 5.41) is 0. The normalized spacial score (nSPS) is 10.6. The van der Waals surface area contributed by atoms with Crippen LogP contribution in [0, 0.1) is 13.0 Å². The maximum atomic E-state index is 3.82. The van der Waals surface area contributed by atoms with Gasteiger partial charge in [-0.25, -0.2) is 6.07 Å². The van der Waals surface area contributed by atoms with E-state index in [0.29, 0.717) is 5.41 Å². The van der Waals surface area contributed by atoms with Gasteiger partial charge in [0.25, 0.3) is 0 Å². The summed E-state index contributed by atoms with van der Waals surface area (Å²) in [5.74, 6) is 0. The second-order valence-electron chi connectivity index (χ2n) is 10.5.